The van der Waals surface area contributed by atoms with Gasteiger partial charge in [-0.15, -0.1) is 0 Å². The first kappa shape index (κ1) is 23.1. The van der Waals surface area contributed by atoms with Gasteiger partial charge < -0.3 is 0 Å². The van der Waals surface area contributed by atoms with Crippen molar-refractivity contribution in [3.63, 3.8) is 0 Å². The fraction of sp³-hybridized carbons (Fsp3) is 0.650. The number of hydrogen-bond donors (Lipinski definition) is 1. The number of nitro benzene ring substituents is 2. The molecule has 0 amide bonds. The van der Waals surface area contributed by atoms with E-state index in [4.69, 9.17) is 0 Å². The van der Waals surface area contributed by atoms with Crippen LogP contribution in [0.4, 0.5) is 11.4 Å². The van der Waals surface area contributed by atoms with E-state index in [9.17, 15) is 28.6 Å². The fourth-order valence-corrected chi connectivity index (χ4v) is 5.76. The summed E-state index contributed by atoms with van der Waals surface area (Å²) in [6.45, 7) is 6.50. The second-order valence-corrected chi connectivity index (χ2v) is 11.1. The summed E-state index contributed by atoms with van der Waals surface area (Å²) in [5, 5.41) is 26.5. The van der Waals surface area contributed by atoms with Crippen molar-refractivity contribution in [2.24, 2.45) is 28.3 Å². The van der Waals surface area contributed by atoms with Crippen LogP contribution in [0.25, 0.3) is 0 Å². The van der Waals surface area contributed by atoms with E-state index in [2.05, 4.69) is 30.7 Å². The molecule has 2 aliphatic carbocycles. The van der Waals surface area contributed by atoms with Crippen LogP contribution < -0.4 is 4.83 Å². The van der Waals surface area contributed by atoms with Crippen molar-refractivity contribution < 1.29 is 18.3 Å². The largest absolute Gasteiger partial charge is 0.296 e. The maximum atomic E-state index is 12.8. The highest BCUT2D eigenvalue weighted by atomic mass is 32.2. The molecule has 3 rings (SSSR count). The highest BCUT2D eigenvalue weighted by molar-refractivity contribution is 7.89. The molecule has 0 saturated heterocycles. The Labute approximate surface area is 181 Å². The van der Waals surface area contributed by atoms with Crippen LogP contribution in [0.2, 0.25) is 0 Å². The van der Waals surface area contributed by atoms with Crippen molar-refractivity contribution in [2.75, 3.05) is 0 Å². The van der Waals surface area contributed by atoms with Crippen LogP contribution in [-0.2, 0) is 10.0 Å². The van der Waals surface area contributed by atoms with E-state index < -0.39 is 36.1 Å². The SMILES string of the molecule is CC(C)(C)[C@@H]1CC[C@@H]2CCC[C@H]2/C(=N/NS(=O)(=O)c2ccc([N+](=O)[O-])cc2[N+](=O)[O-])C1. The quantitative estimate of drug-likeness (QED) is 0.518. The van der Waals surface area contributed by atoms with Gasteiger partial charge in [-0.05, 0) is 55.4 Å². The third kappa shape index (κ3) is 5.03. The smallest absolute Gasteiger partial charge is 0.258 e. The van der Waals surface area contributed by atoms with Crippen LogP contribution in [0.3, 0.4) is 0 Å². The van der Waals surface area contributed by atoms with Crippen LogP contribution in [-0.4, -0.2) is 24.0 Å². The van der Waals surface area contributed by atoms with E-state index in [-0.39, 0.29) is 11.3 Å². The van der Waals surface area contributed by atoms with Gasteiger partial charge in [-0.3, -0.25) is 20.2 Å². The summed E-state index contributed by atoms with van der Waals surface area (Å²) >= 11 is 0. The molecule has 3 atom stereocenters. The number of benzene rings is 1. The minimum Gasteiger partial charge on any atom is -0.258 e. The molecule has 1 N–H and O–H groups in total. The first-order valence-corrected chi connectivity index (χ1v) is 11.9. The maximum Gasteiger partial charge on any atom is 0.296 e. The summed E-state index contributed by atoms with van der Waals surface area (Å²) in [4.78, 5) is 22.1. The lowest BCUT2D eigenvalue weighted by molar-refractivity contribution is -0.396. The van der Waals surface area contributed by atoms with E-state index in [1.54, 1.807) is 0 Å². The number of non-ortho nitro benzene ring substituents is 1. The van der Waals surface area contributed by atoms with E-state index in [1.807, 2.05) is 0 Å². The zero-order valence-electron chi connectivity index (χ0n) is 17.9. The van der Waals surface area contributed by atoms with Gasteiger partial charge in [-0.2, -0.15) is 18.4 Å². The summed E-state index contributed by atoms with van der Waals surface area (Å²) in [7, 11) is -4.37. The highest BCUT2D eigenvalue weighted by Gasteiger charge is 2.39. The highest BCUT2D eigenvalue weighted by Crippen LogP contribution is 2.45. The van der Waals surface area contributed by atoms with Gasteiger partial charge in [0.15, 0.2) is 4.90 Å². The van der Waals surface area contributed by atoms with Crippen molar-refractivity contribution in [3.05, 3.63) is 38.4 Å². The Kier molecular flexibility index (Phi) is 6.35. The van der Waals surface area contributed by atoms with Gasteiger partial charge in [0.1, 0.15) is 0 Å². The Morgan fingerprint density at radius 1 is 1.06 bits per heavy atom. The lowest BCUT2D eigenvalue weighted by Gasteiger charge is -2.30. The van der Waals surface area contributed by atoms with Gasteiger partial charge in [-0.1, -0.05) is 27.2 Å². The molecule has 0 spiro atoms. The number of hydrazone groups is 1. The Morgan fingerprint density at radius 3 is 2.39 bits per heavy atom. The molecule has 0 aliphatic heterocycles. The van der Waals surface area contributed by atoms with Crippen LogP contribution in [0.15, 0.2) is 28.2 Å². The maximum absolute atomic E-state index is 12.8. The molecule has 2 fully saturated rings. The number of fused-ring (bicyclic) bond motifs is 1. The van der Waals surface area contributed by atoms with Gasteiger partial charge in [-0.25, -0.2) is 0 Å². The fourth-order valence-electron chi connectivity index (χ4n) is 4.77. The lowest BCUT2D eigenvalue weighted by Crippen LogP contribution is -2.28. The van der Waals surface area contributed by atoms with E-state index in [0.29, 0.717) is 24.3 Å². The van der Waals surface area contributed by atoms with Crippen molar-refractivity contribution in [2.45, 2.75) is 64.2 Å². The molecule has 0 bridgehead atoms. The molecule has 0 heterocycles. The minimum atomic E-state index is -4.37. The van der Waals surface area contributed by atoms with Crippen molar-refractivity contribution in [3.8, 4) is 0 Å². The Balaban J connectivity index is 1.94. The number of sulfonamides is 1. The number of nitrogens with one attached hydrogen (secondary N) is 1. The molecule has 11 heteroatoms. The molecule has 2 aliphatic rings. The van der Waals surface area contributed by atoms with Gasteiger partial charge in [0, 0.05) is 17.7 Å². The first-order chi connectivity index (χ1) is 14.4. The molecule has 170 valence electrons. The summed E-state index contributed by atoms with van der Waals surface area (Å²) in [6, 6.07) is 2.46. The Morgan fingerprint density at radius 2 is 1.77 bits per heavy atom. The lowest BCUT2D eigenvalue weighted by atomic mass is 9.76. The Bertz CT molecular complexity index is 1010. The molecular weight excluding hydrogens is 424 g/mol. The molecule has 2 saturated carbocycles. The van der Waals surface area contributed by atoms with E-state index >= 15 is 0 Å². The van der Waals surface area contributed by atoms with E-state index in [1.165, 1.54) is 0 Å². The van der Waals surface area contributed by atoms with Crippen molar-refractivity contribution in [1.82, 2.24) is 4.83 Å². The van der Waals surface area contributed by atoms with Crippen molar-refractivity contribution in [1.29, 1.82) is 0 Å². The third-order valence-electron chi connectivity index (χ3n) is 6.60. The predicted molar refractivity (Wildman–Crippen MR) is 115 cm³/mol. The van der Waals surface area contributed by atoms with Crippen LogP contribution in [0.1, 0.15) is 59.3 Å². The second-order valence-electron chi connectivity index (χ2n) is 9.51. The zero-order valence-corrected chi connectivity index (χ0v) is 18.7. The second kappa shape index (κ2) is 8.52. The monoisotopic (exact) mass is 452 g/mol. The van der Waals surface area contributed by atoms with E-state index in [0.717, 1.165) is 49.9 Å². The van der Waals surface area contributed by atoms with Gasteiger partial charge in [0.2, 0.25) is 0 Å². The summed E-state index contributed by atoms with van der Waals surface area (Å²) in [5.74, 6) is 1.04. The normalized spacial score (nSPS) is 25.6. The number of hydrogen-bond acceptors (Lipinski definition) is 7. The molecule has 0 radical (unpaired) electrons. The molecule has 1 aromatic carbocycles. The average Bonchev–Trinajstić information content (AvgIpc) is 3.06. The van der Waals surface area contributed by atoms with Crippen molar-refractivity contribution >= 4 is 27.1 Å². The number of nitro groups is 2. The van der Waals surface area contributed by atoms with Gasteiger partial charge >= 0.3 is 0 Å². The standard InChI is InChI=1S/C20H28N4O6S/c1-20(2,3)14-8-7-13-5-4-6-16(13)17(11-14)21-22-31(29,30)19-10-9-15(23(25)26)12-18(19)24(27)28/h9-10,12-14,16,22H,4-8,11H2,1-3H3/b21-17+/t13-,14+,16+/m0/s1. The molecule has 0 aromatic heterocycles. The molecule has 10 nitrogen and oxygen atoms in total. The average molecular weight is 453 g/mol. The third-order valence-corrected chi connectivity index (χ3v) is 7.86. The molecular formula is C20H28N4O6S. The summed E-state index contributed by atoms with van der Waals surface area (Å²) in [5.41, 5.74) is -0.556. The predicted octanol–water partition coefficient (Wildman–Crippen LogP) is 4.40. The number of rotatable bonds is 5. The summed E-state index contributed by atoms with van der Waals surface area (Å²) < 4.78 is 25.7. The summed E-state index contributed by atoms with van der Waals surface area (Å²) in [6.07, 6.45) is 5.96. The van der Waals surface area contributed by atoms with Crippen LogP contribution in [0.5, 0.6) is 0 Å². The molecule has 31 heavy (non-hydrogen) atoms. The zero-order chi connectivity index (χ0) is 23.0. The van der Waals surface area contributed by atoms with Crippen LogP contribution in [0, 0.1) is 43.4 Å². The van der Waals surface area contributed by atoms with Gasteiger partial charge in [0.05, 0.1) is 15.9 Å². The van der Waals surface area contributed by atoms with Gasteiger partial charge in [0.25, 0.3) is 21.4 Å². The number of nitrogens with zero attached hydrogens (tertiary/aromatic N) is 3. The minimum absolute atomic E-state index is 0.0510. The Hall–Kier alpha value is -2.56. The first-order valence-electron chi connectivity index (χ1n) is 10.4. The molecule has 0 unspecified atom stereocenters. The van der Waals surface area contributed by atoms with Crippen LogP contribution >= 0.6 is 0 Å². The topological polar surface area (TPSA) is 145 Å². The molecule has 1 aromatic rings.